The van der Waals surface area contributed by atoms with Gasteiger partial charge < -0.3 is 19.7 Å². The topological polar surface area (TPSA) is 67.9 Å². The van der Waals surface area contributed by atoms with E-state index in [4.69, 9.17) is 9.47 Å². The summed E-state index contributed by atoms with van der Waals surface area (Å²) in [5.74, 6) is 1.31. The highest BCUT2D eigenvalue weighted by Crippen LogP contribution is 2.18. The van der Waals surface area contributed by atoms with Crippen LogP contribution >= 0.6 is 0 Å². The number of hydrogen-bond donors (Lipinski definition) is 1. The monoisotopic (exact) mass is 426 g/mol. The third-order valence-corrected chi connectivity index (χ3v) is 5.23. The molecule has 2 aromatic rings. The summed E-state index contributed by atoms with van der Waals surface area (Å²) in [5, 5.41) is 2.98. The lowest BCUT2D eigenvalue weighted by atomic mass is 10.1. The second-order valence-corrected chi connectivity index (χ2v) is 7.63. The van der Waals surface area contributed by atoms with Crippen molar-refractivity contribution >= 4 is 11.8 Å². The van der Waals surface area contributed by atoms with E-state index >= 15 is 0 Å². The highest BCUT2D eigenvalue weighted by Gasteiger charge is 2.26. The summed E-state index contributed by atoms with van der Waals surface area (Å²) in [6.07, 6.45) is 1.72. The lowest BCUT2D eigenvalue weighted by Crippen LogP contribution is -2.49. The predicted octanol–water partition coefficient (Wildman–Crippen LogP) is 4.19. The minimum Gasteiger partial charge on any atom is -0.497 e. The molecule has 6 heteroatoms. The van der Waals surface area contributed by atoms with Gasteiger partial charge in [-0.1, -0.05) is 37.3 Å². The normalized spacial score (nSPS) is 12.5. The highest BCUT2D eigenvalue weighted by atomic mass is 16.5. The minimum atomic E-state index is -0.552. The molecule has 0 saturated carbocycles. The fourth-order valence-electron chi connectivity index (χ4n) is 3.06. The van der Waals surface area contributed by atoms with Crippen molar-refractivity contribution in [2.75, 3.05) is 13.7 Å². The molecule has 0 aliphatic rings. The van der Waals surface area contributed by atoms with Crippen molar-refractivity contribution in [3.8, 4) is 11.5 Å². The number of carbonyl (C=O) groups is 2. The Morgan fingerprint density at radius 3 is 2.26 bits per heavy atom. The van der Waals surface area contributed by atoms with Crippen LogP contribution in [0.15, 0.2) is 54.6 Å². The third-order valence-electron chi connectivity index (χ3n) is 5.23. The Morgan fingerprint density at radius 2 is 1.65 bits per heavy atom. The van der Waals surface area contributed by atoms with E-state index in [0.29, 0.717) is 26.0 Å². The van der Waals surface area contributed by atoms with E-state index in [9.17, 15) is 9.59 Å². The number of benzene rings is 2. The molecule has 2 atom stereocenters. The van der Waals surface area contributed by atoms with Crippen molar-refractivity contribution in [3.05, 3.63) is 60.2 Å². The van der Waals surface area contributed by atoms with Gasteiger partial charge in [0.15, 0.2) is 0 Å². The number of ether oxygens (including phenoxy) is 2. The van der Waals surface area contributed by atoms with Crippen LogP contribution in [-0.4, -0.2) is 42.5 Å². The van der Waals surface area contributed by atoms with E-state index in [1.54, 1.807) is 18.9 Å². The maximum Gasteiger partial charge on any atom is 0.242 e. The van der Waals surface area contributed by atoms with Gasteiger partial charge in [0.25, 0.3) is 0 Å². The van der Waals surface area contributed by atoms with Crippen LogP contribution in [0, 0.1) is 0 Å². The summed E-state index contributed by atoms with van der Waals surface area (Å²) in [6, 6.07) is 16.6. The molecule has 2 aromatic carbocycles. The Morgan fingerprint density at radius 1 is 1.00 bits per heavy atom. The molecule has 0 fully saturated rings. The van der Waals surface area contributed by atoms with Gasteiger partial charge in [0.2, 0.25) is 11.8 Å². The molecular weight excluding hydrogens is 392 g/mol. The summed E-state index contributed by atoms with van der Waals surface area (Å²) in [4.78, 5) is 27.3. The zero-order valence-electron chi connectivity index (χ0n) is 19.0. The van der Waals surface area contributed by atoms with E-state index in [2.05, 4.69) is 5.32 Å². The number of nitrogens with zero attached hydrogens (tertiary/aromatic N) is 1. The lowest BCUT2D eigenvalue weighted by Gasteiger charge is -2.29. The van der Waals surface area contributed by atoms with Crippen LogP contribution in [0.5, 0.6) is 11.5 Å². The van der Waals surface area contributed by atoms with Crippen LogP contribution in [0.1, 0.15) is 45.6 Å². The van der Waals surface area contributed by atoms with Gasteiger partial charge in [-0.2, -0.15) is 0 Å². The first-order chi connectivity index (χ1) is 14.9. The van der Waals surface area contributed by atoms with Crippen LogP contribution in [0.25, 0.3) is 0 Å². The molecule has 0 aromatic heterocycles. The summed E-state index contributed by atoms with van der Waals surface area (Å²) in [7, 11) is 1.62. The number of methoxy groups -OCH3 is 1. The number of hydrogen-bond acceptors (Lipinski definition) is 4. The Kier molecular flexibility index (Phi) is 9.88. The summed E-state index contributed by atoms with van der Waals surface area (Å²) in [5.41, 5.74) is 0.994. The van der Waals surface area contributed by atoms with Crippen LogP contribution in [0.3, 0.4) is 0 Å². The van der Waals surface area contributed by atoms with Gasteiger partial charge in [-0.05, 0) is 56.5 Å². The minimum absolute atomic E-state index is 0.0611. The molecule has 0 spiro atoms. The smallest absolute Gasteiger partial charge is 0.242 e. The van der Waals surface area contributed by atoms with Crippen molar-refractivity contribution in [1.82, 2.24) is 10.2 Å². The van der Waals surface area contributed by atoms with Crippen LogP contribution in [0.2, 0.25) is 0 Å². The van der Waals surface area contributed by atoms with Crippen molar-refractivity contribution in [2.45, 2.75) is 58.7 Å². The average molecular weight is 427 g/mol. The van der Waals surface area contributed by atoms with E-state index in [-0.39, 0.29) is 17.9 Å². The van der Waals surface area contributed by atoms with Gasteiger partial charge in [-0.25, -0.2) is 0 Å². The van der Waals surface area contributed by atoms with Crippen LogP contribution < -0.4 is 14.8 Å². The fraction of sp³-hybridized carbons (Fsp3) is 0.440. The van der Waals surface area contributed by atoms with Gasteiger partial charge in [0, 0.05) is 19.0 Å². The summed E-state index contributed by atoms with van der Waals surface area (Å²) in [6.45, 7) is 6.58. The number of carbonyl (C=O) groups excluding carboxylic acids is 2. The largest absolute Gasteiger partial charge is 0.497 e. The first kappa shape index (κ1) is 24.3. The molecule has 0 radical (unpaired) electrons. The van der Waals surface area contributed by atoms with E-state index in [1.165, 1.54) is 0 Å². The quantitative estimate of drug-likeness (QED) is 0.517. The molecule has 31 heavy (non-hydrogen) atoms. The number of rotatable bonds is 12. The van der Waals surface area contributed by atoms with Gasteiger partial charge in [-0.15, -0.1) is 0 Å². The lowest BCUT2D eigenvalue weighted by molar-refractivity contribution is -0.141. The summed E-state index contributed by atoms with van der Waals surface area (Å²) >= 11 is 0. The molecule has 2 rings (SSSR count). The van der Waals surface area contributed by atoms with E-state index < -0.39 is 6.04 Å². The van der Waals surface area contributed by atoms with Crippen molar-refractivity contribution in [3.63, 3.8) is 0 Å². The SMILES string of the molecule is CC[C@H](C)NC(=O)[C@@H](C)N(Cc1ccccc1)C(=O)CCCOc1ccc(OC)cc1. The molecule has 2 amide bonds. The fourth-order valence-corrected chi connectivity index (χ4v) is 3.06. The molecule has 0 aliphatic carbocycles. The third kappa shape index (κ3) is 7.96. The van der Waals surface area contributed by atoms with Crippen molar-refractivity contribution < 1.29 is 19.1 Å². The maximum absolute atomic E-state index is 13.0. The Labute approximate surface area is 185 Å². The average Bonchev–Trinajstić information content (AvgIpc) is 2.80. The van der Waals surface area contributed by atoms with Gasteiger partial charge in [0.05, 0.1) is 13.7 Å². The predicted molar refractivity (Wildman–Crippen MR) is 122 cm³/mol. The zero-order chi connectivity index (χ0) is 22.6. The Balaban J connectivity index is 1.95. The second-order valence-electron chi connectivity index (χ2n) is 7.63. The molecule has 0 bridgehead atoms. The second kappa shape index (κ2) is 12.6. The molecule has 168 valence electrons. The standard InChI is InChI=1S/C25H34N2O4/c1-5-19(2)26-25(29)20(3)27(18-21-10-7-6-8-11-21)24(28)12-9-17-31-23-15-13-22(30-4)14-16-23/h6-8,10-11,13-16,19-20H,5,9,12,17-18H2,1-4H3,(H,26,29)/t19-,20+/m0/s1. The molecule has 0 heterocycles. The zero-order valence-corrected chi connectivity index (χ0v) is 19.0. The highest BCUT2D eigenvalue weighted by molar-refractivity contribution is 5.87. The molecule has 1 N–H and O–H groups in total. The van der Waals surface area contributed by atoms with E-state index in [1.807, 2.05) is 68.4 Å². The molecule has 6 nitrogen and oxygen atoms in total. The van der Waals surface area contributed by atoms with Crippen LogP contribution in [-0.2, 0) is 16.1 Å². The molecule has 0 saturated heterocycles. The van der Waals surface area contributed by atoms with E-state index in [0.717, 1.165) is 23.5 Å². The summed E-state index contributed by atoms with van der Waals surface area (Å²) < 4.78 is 10.9. The van der Waals surface area contributed by atoms with Gasteiger partial charge >= 0.3 is 0 Å². The van der Waals surface area contributed by atoms with Gasteiger partial charge in [-0.3, -0.25) is 9.59 Å². The van der Waals surface area contributed by atoms with Crippen molar-refractivity contribution in [2.24, 2.45) is 0 Å². The maximum atomic E-state index is 13.0. The van der Waals surface area contributed by atoms with Crippen LogP contribution in [0.4, 0.5) is 0 Å². The number of nitrogens with one attached hydrogen (secondary N) is 1. The molecular formula is C25H34N2O4. The van der Waals surface area contributed by atoms with Gasteiger partial charge in [0.1, 0.15) is 17.5 Å². The number of amides is 2. The first-order valence-electron chi connectivity index (χ1n) is 10.8. The molecule has 0 aliphatic heterocycles. The first-order valence-corrected chi connectivity index (χ1v) is 10.8. The van der Waals surface area contributed by atoms with Crippen molar-refractivity contribution in [1.29, 1.82) is 0 Å². The molecule has 0 unspecified atom stereocenters. The Bertz CT molecular complexity index is 808. The Hall–Kier alpha value is -3.02.